The van der Waals surface area contributed by atoms with Gasteiger partial charge < -0.3 is 4.57 Å². The minimum atomic E-state index is 0.629. The van der Waals surface area contributed by atoms with Gasteiger partial charge in [0.2, 0.25) is 5.95 Å². The van der Waals surface area contributed by atoms with Crippen molar-refractivity contribution >= 4 is 43.6 Å². The standard InChI is InChI=1S/C47H27N5/c48-28-29-21-23-30(24-22-29)33-25-26-40-38(27-33)42-36-18-9-13-31-14-10-19-37(41(31)36)45(42)52(40)47-49-43(32-11-3-1-4-12-32)46-44(50-47)35-17-7-8-20-39(35)51(46)34-15-5-2-6-16-34/h1-27H. The first-order chi connectivity index (χ1) is 25.8. The van der Waals surface area contributed by atoms with Crippen molar-refractivity contribution in [3.05, 3.63) is 169 Å². The zero-order valence-corrected chi connectivity index (χ0v) is 27.8. The van der Waals surface area contributed by atoms with E-state index in [4.69, 9.17) is 9.97 Å². The van der Waals surface area contributed by atoms with Crippen LogP contribution in [0, 0.1) is 11.3 Å². The van der Waals surface area contributed by atoms with Crippen LogP contribution in [0.15, 0.2) is 164 Å². The summed E-state index contributed by atoms with van der Waals surface area (Å²) in [6.07, 6.45) is 0. The fraction of sp³-hybridized carbons (Fsp3) is 0. The lowest BCUT2D eigenvalue weighted by molar-refractivity contribution is 0.989. The number of rotatable bonds is 4. The maximum atomic E-state index is 9.43. The first-order valence-corrected chi connectivity index (χ1v) is 17.4. The number of nitriles is 1. The molecule has 0 N–H and O–H groups in total. The molecule has 0 saturated heterocycles. The molecule has 5 nitrogen and oxygen atoms in total. The predicted molar refractivity (Wildman–Crippen MR) is 211 cm³/mol. The molecule has 0 amide bonds. The van der Waals surface area contributed by atoms with Crippen molar-refractivity contribution in [1.82, 2.24) is 19.1 Å². The number of benzene rings is 7. The van der Waals surface area contributed by atoms with Gasteiger partial charge in [0, 0.05) is 33.2 Å². The zero-order chi connectivity index (χ0) is 34.3. The third kappa shape index (κ3) is 3.98. The van der Waals surface area contributed by atoms with E-state index in [2.05, 4.69) is 143 Å². The van der Waals surface area contributed by atoms with Gasteiger partial charge in [-0.05, 0) is 69.9 Å². The Hall–Kier alpha value is -7.29. The van der Waals surface area contributed by atoms with E-state index >= 15 is 0 Å². The van der Waals surface area contributed by atoms with Gasteiger partial charge in [-0.3, -0.25) is 4.57 Å². The molecule has 0 unspecified atom stereocenters. The molecule has 0 saturated carbocycles. The highest BCUT2D eigenvalue weighted by atomic mass is 15.2. The third-order valence-electron chi connectivity index (χ3n) is 10.5. The molecule has 1 aliphatic rings. The molecule has 0 aliphatic heterocycles. The van der Waals surface area contributed by atoms with E-state index < -0.39 is 0 Å². The second-order valence-electron chi connectivity index (χ2n) is 13.3. The Morgan fingerprint density at radius 2 is 1.21 bits per heavy atom. The second-order valence-corrected chi connectivity index (χ2v) is 13.3. The number of hydrogen-bond acceptors (Lipinski definition) is 3. The Labute approximate surface area is 298 Å². The van der Waals surface area contributed by atoms with Crippen LogP contribution in [-0.2, 0) is 0 Å². The molecule has 0 spiro atoms. The summed E-state index contributed by atoms with van der Waals surface area (Å²) in [6.45, 7) is 0. The van der Waals surface area contributed by atoms with Crippen LogP contribution in [0.25, 0.3) is 100 Å². The second kappa shape index (κ2) is 10.9. The van der Waals surface area contributed by atoms with Crippen LogP contribution in [0.2, 0.25) is 0 Å². The summed E-state index contributed by atoms with van der Waals surface area (Å²) in [7, 11) is 0. The fourth-order valence-electron chi connectivity index (χ4n) is 8.26. The normalized spacial score (nSPS) is 11.8. The van der Waals surface area contributed by atoms with Gasteiger partial charge >= 0.3 is 0 Å². The molecule has 11 rings (SSSR count). The molecular weight excluding hydrogens is 635 g/mol. The maximum Gasteiger partial charge on any atom is 0.235 e. The van der Waals surface area contributed by atoms with E-state index in [1.807, 2.05) is 36.4 Å². The van der Waals surface area contributed by atoms with Crippen LogP contribution in [0.5, 0.6) is 0 Å². The van der Waals surface area contributed by atoms with Crippen molar-refractivity contribution in [3.63, 3.8) is 0 Å². The summed E-state index contributed by atoms with van der Waals surface area (Å²) in [5.74, 6) is 0.629. The van der Waals surface area contributed by atoms with Crippen molar-refractivity contribution in [3.8, 4) is 62.5 Å². The summed E-state index contributed by atoms with van der Waals surface area (Å²) in [5, 5.41) is 14.1. The number of hydrogen-bond donors (Lipinski definition) is 0. The summed E-state index contributed by atoms with van der Waals surface area (Å²) in [4.78, 5) is 11.1. The van der Waals surface area contributed by atoms with Crippen LogP contribution in [0.3, 0.4) is 0 Å². The molecular formula is C47H27N5. The zero-order valence-electron chi connectivity index (χ0n) is 27.8. The highest BCUT2D eigenvalue weighted by Gasteiger charge is 2.31. The Balaban J connectivity index is 1.28. The minimum Gasteiger partial charge on any atom is -0.306 e. The van der Waals surface area contributed by atoms with E-state index in [1.54, 1.807) is 0 Å². The lowest BCUT2D eigenvalue weighted by Crippen LogP contribution is -2.06. The van der Waals surface area contributed by atoms with Gasteiger partial charge in [0.05, 0.1) is 33.9 Å². The summed E-state index contributed by atoms with van der Waals surface area (Å²) >= 11 is 0. The quantitative estimate of drug-likeness (QED) is 0.189. The topological polar surface area (TPSA) is 59.4 Å². The Bertz CT molecular complexity index is 3100. The molecule has 240 valence electrons. The number of aromatic nitrogens is 4. The fourth-order valence-corrected chi connectivity index (χ4v) is 8.26. The third-order valence-corrected chi connectivity index (χ3v) is 10.5. The van der Waals surface area contributed by atoms with Gasteiger partial charge in [0.25, 0.3) is 0 Å². The van der Waals surface area contributed by atoms with Gasteiger partial charge in [-0.25, -0.2) is 9.97 Å². The van der Waals surface area contributed by atoms with Crippen molar-refractivity contribution < 1.29 is 0 Å². The molecule has 0 bridgehead atoms. The molecule has 52 heavy (non-hydrogen) atoms. The highest BCUT2D eigenvalue weighted by molar-refractivity contribution is 6.22. The first-order valence-electron chi connectivity index (χ1n) is 17.4. The van der Waals surface area contributed by atoms with Gasteiger partial charge in [-0.2, -0.15) is 5.26 Å². The van der Waals surface area contributed by atoms with Crippen LogP contribution in [0.4, 0.5) is 0 Å². The van der Waals surface area contributed by atoms with E-state index in [9.17, 15) is 5.26 Å². The Morgan fingerprint density at radius 1 is 0.519 bits per heavy atom. The number of fused-ring (bicyclic) bond motifs is 8. The highest BCUT2D eigenvalue weighted by Crippen LogP contribution is 2.53. The van der Waals surface area contributed by atoms with Crippen molar-refractivity contribution in [2.45, 2.75) is 0 Å². The van der Waals surface area contributed by atoms with E-state index in [0.29, 0.717) is 11.5 Å². The van der Waals surface area contributed by atoms with E-state index in [-0.39, 0.29) is 0 Å². The maximum absolute atomic E-state index is 9.43. The predicted octanol–water partition coefficient (Wildman–Crippen LogP) is 11.5. The van der Waals surface area contributed by atoms with Crippen LogP contribution >= 0.6 is 0 Å². The smallest absolute Gasteiger partial charge is 0.235 e. The molecule has 3 aromatic heterocycles. The molecule has 10 aromatic rings. The minimum absolute atomic E-state index is 0.629. The molecule has 7 aromatic carbocycles. The van der Waals surface area contributed by atoms with Gasteiger partial charge in [0.15, 0.2) is 0 Å². The summed E-state index contributed by atoms with van der Waals surface area (Å²) in [6, 6.07) is 59.3. The number of para-hydroxylation sites is 2. The van der Waals surface area contributed by atoms with Crippen molar-refractivity contribution in [2.24, 2.45) is 0 Å². The van der Waals surface area contributed by atoms with Crippen molar-refractivity contribution in [2.75, 3.05) is 0 Å². The van der Waals surface area contributed by atoms with E-state index in [1.165, 1.54) is 27.5 Å². The molecule has 0 atom stereocenters. The van der Waals surface area contributed by atoms with E-state index in [0.717, 1.165) is 66.6 Å². The monoisotopic (exact) mass is 661 g/mol. The summed E-state index contributed by atoms with van der Waals surface area (Å²) < 4.78 is 4.58. The van der Waals surface area contributed by atoms with Crippen LogP contribution in [-0.4, -0.2) is 19.1 Å². The largest absolute Gasteiger partial charge is 0.306 e. The number of nitrogens with zero attached hydrogens (tertiary/aromatic N) is 5. The van der Waals surface area contributed by atoms with Crippen molar-refractivity contribution in [1.29, 1.82) is 5.26 Å². The van der Waals surface area contributed by atoms with Gasteiger partial charge in [-0.15, -0.1) is 0 Å². The average molecular weight is 662 g/mol. The van der Waals surface area contributed by atoms with Crippen LogP contribution in [0.1, 0.15) is 5.56 Å². The molecule has 0 fully saturated rings. The SMILES string of the molecule is N#Cc1ccc(-c2ccc3c(c2)c2c(n3-c3nc(-c4ccccc4)c4c(n3)c3ccccc3n4-c3ccccc3)-c3cccc4cccc-2c34)cc1. The van der Waals surface area contributed by atoms with Gasteiger partial charge in [0.1, 0.15) is 11.2 Å². The molecule has 3 heterocycles. The van der Waals surface area contributed by atoms with Gasteiger partial charge in [-0.1, -0.05) is 121 Å². The first kappa shape index (κ1) is 28.5. The van der Waals surface area contributed by atoms with Crippen LogP contribution < -0.4 is 0 Å². The lowest BCUT2D eigenvalue weighted by atomic mass is 9.98. The molecule has 0 radical (unpaired) electrons. The average Bonchev–Trinajstić information content (AvgIpc) is 3.85. The summed E-state index contributed by atoms with van der Waals surface area (Å²) in [5.41, 5.74) is 14.5. The lowest BCUT2D eigenvalue weighted by Gasteiger charge is -2.14. The molecule has 1 aliphatic carbocycles. The Kier molecular flexibility index (Phi) is 5.96. The Morgan fingerprint density at radius 3 is 2.00 bits per heavy atom. The molecule has 5 heteroatoms.